The molecule has 216 valence electrons. The number of fused-ring (bicyclic) bond motifs is 1. The van der Waals surface area contributed by atoms with E-state index < -0.39 is 0 Å². The molecule has 1 atom stereocenters. The van der Waals surface area contributed by atoms with Crippen LogP contribution in [-0.4, -0.2) is 88.6 Å². The maximum atomic E-state index is 13.5. The van der Waals surface area contributed by atoms with Gasteiger partial charge in [0.2, 0.25) is 11.9 Å². The van der Waals surface area contributed by atoms with Crippen molar-refractivity contribution in [3.05, 3.63) is 83.8 Å². The third-order valence-electron chi connectivity index (χ3n) is 7.77. The summed E-state index contributed by atoms with van der Waals surface area (Å²) in [6, 6.07) is 9.43. The first kappa shape index (κ1) is 27.7. The van der Waals surface area contributed by atoms with E-state index in [1.54, 1.807) is 19.5 Å². The number of nitrogens with one attached hydrogen (secondary N) is 2. The summed E-state index contributed by atoms with van der Waals surface area (Å²) < 4.78 is 10.8. The number of amides is 1. The van der Waals surface area contributed by atoms with Gasteiger partial charge in [0.15, 0.2) is 12.2 Å². The molecular formula is C31H34N8O3. The Kier molecular flexibility index (Phi) is 8.04. The number of anilines is 3. The third kappa shape index (κ3) is 5.80. The molecule has 0 unspecified atom stereocenters. The fourth-order valence-electron chi connectivity index (χ4n) is 5.43. The van der Waals surface area contributed by atoms with Crippen LogP contribution in [0.3, 0.4) is 0 Å². The highest BCUT2D eigenvalue weighted by Gasteiger charge is 2.30. The van der Waals surface area contributed by atoms with Crippen LogP contribution in [0.25, 0.3) is 17.0 Å². The monoisotopic (exact) mass is 566 g/mol. The van der Waals surface area contributed by atoms with Crippen molar-refractivity contribution < 1.29 is 13.9 Å². The van der Waals surface area contributed by atoms with Crippen LogP contribution in [0.1, 0.15) is 22.4 Å². The molecule has 1 aliphatic heterocycles. The Morgan fingerprint density at radius 3 is 2.69 bits per heavy atom. The number of hydrogen-bond acceptors (Lipinski definition) is 10. The smallest absolute Gasteiger partial charge is 0.244 e. The second kappa shape index (κ2) is 12.2. The molecule has 0 bridgehead atoms. The van der Waals surface area contributed by atoms with Gasteiger partial charge in [-0.1, -0.05) is 18.2 Å². The second-order valence-corrected chi connectivity index (χ2v) is 10.6. The van der Waals surface area contributed by atoms with Crippen molar-refractivity contribution in [3.63, 3.8) is 0 Å². The van der Waals surface area contributed by atoms with Crippen LogP contribution < -0.4 is 10.6 Å². The predicted octanol–water partition coefficient (Wildman–Crippen LogP) is 3.77. The van der Waals surface area contributed by atoms with Crippen LogP contribution in [-0.2, 0) is 16.0 Å². The zero-order valence-electron chi connectivity index (χ0n) is 24.0. The fraction of sp³-hybridized carbons (Fsp3) is 0.323. The fourth-order valence-corrected chi connectivity index (χ4v) is 5.43. The maximum absolute atomic E-state index is 13.5. The first-order chi connectivity index (χ1) is 20.5. The summed E-state index contributed by atoms with van der Waals surface area (Å²) in [5, 5.41) is 6.46. The average molecular weight is 567 g/mol. The molecule has 2 aliphatic rings. The van der Waals surface area contributed by atoms with Gasteiger partial charge in [-0.3, -0.25) is 14.7 Å². The molecule has 11 nitrogen and oxygen atoms in total. The van der Waals surface area contributed by atoms with Gasteiger partial charge < -0.3 is 24.7 Å². The van der Waals surface area contributed by atoms with Gasteiger partial charge in [0, 0.05) is 50.7 Å². The molecule has 2 N–H and O–H groups in total. The molecule has 42 heavy (non-hydrogen) atoms. The lowest BCUT2D eigenvalue weighted by Crippen LogP contribution is -2.54. The number of benzene rings is 1. The summed E-state index contributed by atoms with van der Waals surface area (Å²) in [6.45, 7) is 5.89. The minimum Gasteiger partial charge on any atom is -0.442 e. The summed E-state index contributed by atoms with van der Waals surface area (Å²) in [5.74, 6) is 1.03. The molecule has 4 heterocycles. The highest BCUT2D eigenvalue weighted by atomic mass is 16.5. The van der Waals surface area contributed by atoms with E-state index in [-0.39, 0.29) is 11.9 Å². The van der Waals surface area contributed by atoms with Crippen LogP contribution >= 0.6 is 0 Å². The van der Waals surface area contributed by atoms with Gasteiger partial charge in [0.25, 0.3) is 0 Å². The molecule has 1 fully saturated rings. The largest absolute Gasteiger partial charge is 0.442 e. The Morgan fingerprint density at radius 1 is 1.10 bits per heavy atom. The molecular weight excluding hydrogens is 532 g/mol. The van der Waals surface area contributed by atoms with E-state index in [0.717, 1.165) is 65.5 Å². The lowest BCUT2D eigenvalue weighted by Gasteiger charge is -2.36. The number of nitrogens with zero attached hydrogens (tertiary/aromatic N) is 6. The van der Waals surface area contributed by atoms with Crippen LogP contribution in [0.2, 0.25) is 0 Å². The summed E-state index contributed by atoms with van der Waals surface area (Å²) in [6.07, 6.45) is 9.39. The van der Waals surface area contributed by atoms with Crippen molar-refractivity contribution >= 4 is 28.8 Å². The molecule has 6 rings (SSSR count). The van der Waals surface area contributed by atoms with Crippen LogP contribution in [0.15, 0.2) is 65.8 Å². The minimum atomic E-state index is -0.342. The second-order valence-electron chi connectivity index (χ2n) is 10.6. The Bertz CT molecular complexity index is 1580. The number of piperazine rings is 1. The molecule has 0 radical (unpaired) electrons. The SMILES string of the molecule is COC[C@H](C(=O)Nc1cccc2c1CC=C2c1nc(Nc2ccc(-c3cnco3)nc2)ncc1C)N1CCN(C)CC1. The lowest BCUT2D eigenvalue weighted by molar-refractivity contribution is -0.124. The number of pyridine rings is 1. The maximum Gasteiger partial charge on any atom is 0.244 e. The number of oxazole rings is 1. The Labute approximate surface area is 244 Å². The van der Waals surface area contributed by atoms with Crippen molar-refractivity contribution in [2.75, 3.05) is 57.6 Å². The van der Waals surface area contributed by atoms with E-state index in [4.69, 9.17) is 14.1 Å². The molecule has 3 aromatic heterocycles. The van der Waals surface area contributed by atoms with Gasteiger partial charge in [-0.2, -0.15) is 0 Å². The number of methoxy groups -OCH3 is 1. The number of likely N-dealkylation sites (N-methyl/N-ethyl adjacent to an activating group) is 1. The summed E-state index contributed by atoms with van der Waals surface area (Å²) in [4.78, 5) is 35.7. The van der Waals surface area contributed by atoms with Crippen molar-refractivity contribution in [1.82, 2.24) is 29.7 Å². The van der Waals surface area contributed by atoms with Gasteiger partial charge in [-0.15, -0.1) is 0 Å². The van der Waals surface area contributed by atoms with E-state index in [1.165, 1.54) is 6.39 Å². The van der Waals surface area contributed by atoms with Gasteiger partial charge in [0.05, 0.1) is 30.4 Å². The van der Waals surface area contributed by atoms with E-state index in [1.807, 2.05) is 37.4 Å². The molecule has 11 heteroatoms. The van der Waals surface area contributed by atoms with Crippen molar-refractivity contribution in [2.45, 2.75) is 19.4 Å². The number of aromatic nitrogens is 4. The summed E-state index contributed by atoms with van der Waals surface area (Å²) >= 11 is 0. The number of allylic oxidation sites excluding steroid dienone is 1. The van der Waals surface area contributed by atoms with Crippen LogP contribution in [0.5, 0.6) is 0 Å². The van der Waals surface area contributed by atoms with Gasteiger partial charge in [-0.25, -0.2) is 15.0 Å². The number of rotatable bonds is 9. The highest BCUT2D eigenvalue weighted by molar-refractivity contribution is 5.97. The Balaban J connectivity index is 1.19. The Morgan fingerprint density at radius 2 is 1.95 bits per heavy atom. The lowest BCUT2D eigenvalue weighted by atomic mass is 9.99. The highest BCUT2D eigenvalue weighted by Crippen LogP contribution is 2.37. The quantitative estimate of drug-likeness (QED) is 0.310. The predicted molar refractivity (Wildman–Crippen MR) is 160 cm³/mol. The Hall–Kier alpha value is -4.45. The first-order valence-electron chi connectivity index (χ1n) is 14.0. The number of hydrogen-bond donors (Lipinski definition) is 2. The van der Waals surface area contributed by atoms with E-state index >= 15 is 0 Å². The summed E-state index contributed by atoms with van der Waals surface area (Å²) in [5.41, 5.74) is 7.23. The number of aryl methyl sites for hydroxylation is 1. The van der Waals surface area contributed by atoms with Gasteiger partial charge >= 0.3 is 0 Å². The number of ether oxygens (including phenoxy) is 1. The van der Waals surface area contributed by atoms with E-state index in [2.05, 4.69) is 54.6 Å². The van der Waals surface area contributed by atoms with E-state index in [9.17, 15) is 4.79 Å². The van der Waals surface area contributed by atoms with Crippen molar-refractivity contribution in [2.24, 2.45) is 0 Å². The molecule has 1 saturated heterocycles. The molecule has 1 aliphatic carbocycles. The zero-order chi connectivity index (χ0) is 29.1. The molecule has 1 aromatic carbocycles. The normalized spacial score (nSPS) is 16.1. The minimum absolute atomic E-state index is 0.0455. The zero-order valence-corrected chi connectivity index (χ0v) is 24.0. The average Bonchev–Trinajstić information content (AvgIpc) is 3.69. The van der Waals surface area contributed by atoms with Crippen LogP contribution in [0, 0.1) is 6.92 Å². The number of carbonyl (C=O) groups is 1. The molecule has 0 saturated carbocycles. The van der Waals surface area contributed by atoms with Crippen molar-refractivity contribution in [3.8, 4) is 11.5 Å². The van der Waals surface area contributed by atoms with Gasteiger partial charge in [-0.05, 0) is 55.3 Å². The van der Waals surface area contributed by atoms with Crippen molar-refractivity contribution in [1.29, 1.82) is 0 Å². The van der Waals surface area contributed by atoms with Crippen LogP contribution in [0.4, 0.5) is 17.3 Å². The molecule has 0 spiro atoms. The number of carbonyl (C=O) groups excluding carboxylic acids is 1. The third-order valence-corrected chi connectivity index (χ3v) is 7.77. The molecule has 1 amide bonds. The first-order valence-corrected chi connectivity index (χ1v) is 14.0. The topological polar surface area (TPSA) is 122 Å². The van der Waals surface area contributed by atoms with E-state index in [0.29, 0.717) is 30.4 Å². The van der Waals surface area contributed by atoms with Gasteiger partial charge in [0.1, 0.15) is 11.7 Å². The standard InChI is InChI=1S/C31H34N8O3/c1-20-15-34-31(35-21-7-10-26(33-16-21)28-17-32-19-42-28)37-29(20)24-9-8-23-22(24)5-4-6-25(23)36-30(40)27(18-41-3)39-13-11-38(2)12-14-39/h4-7,9-10,15-17,19,27H,8,11-14,18H2,1-3H3,(H,36,40)(H,34,35,37)/t27-/m1/s1. The molecule has 4 aromatic rings. The summed E-state index contributed by atoms with van der Waals surface area (Å²) in [7, 11) is 3.75.